The minimum Gasteiger partial charge on any atom is -0.744 e. The summed E-state index contributed by atoms with van der Waals surface area (Å²) in [4.78, 5) is -1.04. The molecule has 7 heteroatoms. The Balaban J connectivity index is 0.000000245. The van der Waals surface area contributed by atoms with Gasteiger partial charge in [0, 0.05) is 6.07 Å². The van der Waals surface area contributed by atoms with E-state index in [1.54, 1.807) is 0 Å². The minimum atomic E-state index is -4.84. The number of benzene rings is 3. The lowest BCUT2D eigenvalue weighted by molar-refractivity contribution is -0.597. The highest BCUT2D eigenvalue weighted by Gasteiger charge is 2.14. The fourth-order valence-corrected chi connectivity index (χ4v) is 5.50. The number of halogens is 3. The van der Waals surface area contributed by atoms with Gasteiger partial charge < -0.3 is 4.55 Å². The van der Waals surface area contributed by atoms with Crippen molar-refractivity contribution in [2.45, 2.75) is 44.4 Å². The third kappa shape index (κ3) is 8.66. The van der Waals surface area contributed by atoms with Gasteiger partial charge in [-0.05, 0) is 60.4 Å². The van der Waals surface area contributed by atoms with Gasteiger partial charge in [-0.2, -0.15) is 0 Å². The summed E-state index contributed by atoms with van der Waals surface area (Å²) in [7, 11) is -4.84. The maximum Gasteiger partial charge on any atom is 0.357 e. The fourth-order valence-electron chi connectivity index (χ4n) is 2.81. The van der Waals surface area contributed by atoms with Crippen LogP contribution >= 0.6 is 0 Å². The Morgan fingerprint density at radius 3 is 1.58 bits per heavy atom. The molecule has 0 fully saturated rings. The molecule has 0 N–H and O–H groups in total. The molecule has 166 valence electrons. The van der Waals surface area contributed by atoms with Crippen molar-refractivity contribution in [1.29, 1.82) is 0 Å². The minimum absolute atomic E-state index is 0.0164. The van der Waals surface area contributed by atoms with Crippen molar-refractivity contribution in [3.05, 3.63) is 96.6 Å². The first-order chi connectivity index (χ1) is 14.7. The first-order valence-electron chi connectivity index (χ1n) is 9.96. The van der Waals surface area contributed by atoms with Crippen molar-refractivity contribution in [2.24, 2.45) is 0 Å². The number of aryl methyl sites for hydroxylation is 2. The molecule has 0 aliphatic carbocycles. The lowest BCUT2D eigenvalue weighted by Gasteiger charge is -2.06. The Bertz CT molecular complexity index is 1020. The molecule has 0 saturated carbocycles. The summed E-state index contributed by atoms with van der Waals surface area (Å²) in [5, 5.41) is 0. The van der Waals surface area contributed by atoms with Crippen LogP contribution in [0.5, 0.6) is 0 Å². The van der Waals surface area contributed by atoms with Gasteiger partial charge in [0.05, 0.1) is 4.90 Å². The lowest BCUT2D eigenvalue weighted by atomic mass is 10.1. The van der Waals surface area contributed by atoms with Crippen molar-refractivity contribution >= 4 is 10.1 Å². The number of rotatable bonds is 7. The molecule has 0 saturated heterocycles. The maximum absolute atomic E-state index is 12.5. The van der Waals surface area contributed by atoms with Gasteiger partial charge in [0.2, 0.25) is 0 Å². The zero-order valence-electron chi connectivity index (χ0n) is 17.4. The highest BCUT2D eigenvalue weighted by Crippen LogP contribution is 2.14. The summed E-state index contributed by atoms with van der Waals surface area (Å²) in [5.74, 6) is -2.30. The van der Waals surface area contributed by atoms with Crippen LogP contribution in [-0.2, 0) is 23.0 Å². The topological polar surface area (TPSA) is 57.2 Å². The molecule has 0 aliphatic heterocycles. The van der Waals surface area contributed by atoms with Crippen molar-refractivity contribution in [2.75, 3.05) is 0 Å². The average molecular weight is 558 g/mol. The summed E-state index contributed by atoms with van der Waals surface area (Å²) in [6.07, 6.45) is 4.86. The molecule has 3 aromatic rings. The SMILES string of the molecule is CCCc1ccc([I+]c2ccc(CCC)cc2)cc1.O=S(=O)([O-])c1ccc(F)cc1F. The van der Waals surface area contributed by atoms with Crippen LogP contribution in [0.25, 0.3) is 0 Å². The second-order valence-corrected chi connectivity index (χ2v) is 11.3. The molecule has 3 rings (SSSR count). The molecule has 0 radical (unpaired) electrons. The van der Waals surface area contributed by atoms with Crippen molar-refractivity contribution in [1.82, 2.24) is 0 Å². The normalized spacial score (nSPS) is 11.0. The van der Waals surface area contributed by atoms with Gasteiger partial charge in [0.1, 0.15) is 21.8 Å². The molecule has 31 heavy (non-hydrogen) atoms. The fraction of sp³-hybridized carbons (Fsp3) is 0.250. The van der Waals surface area contributed by atoms with E-state index in [1.807, 2.05) is 0 Å². The quantitative estimate of drug-likeness (QED) is 0.331. The second kappa shape index (κ2) is 12.3. The van der Waals surface area contributed by atoms with Gasteiger partial charge in [0.25, 0.3) is 0 Å². The Kier molecular flexibility index (Phi) is 10.1. The molecule has 3 nitrogen and oxygen atoms in total. The molecule has 0 unspecified atom stereocenters. The van der Waals surface area contributed by atoms with Gasteiger partial charge in [0.15, 0.2) is 7.14 Å². The zero-order valence-corrected chi connectivity index (χ0v) is 20.4. The van der Waals surface area contributed by atoms with Crippen LogP contribution in [0.2, 0.25) is 0 Å². The third-order valence-electron chi connectivity index (χ3n) is 4.29. The van der Waals surface area contributed by atoms with Crippen LogP contribution < -0.4 is 21.2 Å². The molecule has 3 aromatic carbocycles. The van der Waals surface area contributed by atoms with Crippen LogP contribution in [0.3, 0.4) is 0 Å². The largest absolute Gasteiger partial charge is 0.744 e. The zero-order chi connectivity index (χ0) is 22.9. The molecular formula is C24H25F2IO3S. The Morgan fingerprint density at radius 2 is 1.23 bits per heavy atom. The van der Waals surface area contributed by atoms with Crippen LogP contribution in [-0.4, -0.2) is 13.0 Å². The summed E-state index contributed by atoms with van der Waals surface area (Å²) in [6.45, 7) is 4.47. The third-order valence-corrected chi connectivity index (χ3v) is 7.84. The molecule has 0 aromatic heterocycles. The highest BCUT2D eigenvalue weighted by atomic mass is 127. The van der Waals surface area contributed by atoms with Crippen molar-refractivity contribution < 1.29 is 43.0 Å². The monoisotopic (exact) mass is 558 g/mol. The molecule has 0 atom stereocenters. The van der Waals surface area contributed by atoms with Crippen molar-refractivity contribution in [3.8, 4) is 0 Å². The van der Waals surface area contributed by atoms with E-state index >= 15 is 0 Å². The van der Waals surface area contributed by atoms with E-state index in [-0.39, 0.29) is 21.2 Å². The van der Waals surface area contributed by atoms with E-state index < -0.39 is 26.6 Å². The summed E-state index contributed by atoms with van der Waals surface area (Å²) < 4.78 is 58.5. The molecule has 0 amide bonds. The van der Waals surface area contributed by atoms with Gasteiger partial charge in [-0.3, -0.25) is 0 Å². The van der Waals surface area contributed by atoms with Crippen molar-refractivity contribution in [3.63, 3.8) is 0 Å². The first kappa shape index (κ1) is 25.4. The Labute approximate surface area is 193 Å². The van der Waals surface area contributed by atoms with E-state index in [1.165, 1.54) is 44.0 Å². The molecular weight excluding hydrogens is 533 g/mol. The van der Waals surface area contributed by atoms with Gasteiger partial charge in [-0.15, -0.1) is 0 Å². The van der Waals surface area contributed by atoms with Gasteiger partial charge in [-0.1, -0.05) is 51.0 Å². The summed E-state index contributed by atoms with van der Waals surface area (Å²) >= 11 is -0.0164. The van der Waals surface area contributed by atoms with E-state index in [4.69, 9.17) is 0 Å². The molecule has 0 spiro atoms. The maximum atomic E-state index is 12.5. The van der Waals surface area contributed by atoms with Crippen LogP contribution in [0.15, 0.2) is 71.6 Å². The smallest absolute Gasteiger partial charge is 0.357 e. The lowest BCUT2D eigenvalue weighted by Crippen LogP contribution is -3.61. The predicted octanol–water partition coefficient (Wildman–Crippen LogP) is 2.59. The van der Waals surface area contributed by atoms with Crippen LogP contribution in [0.4, 0.5) is 8.78 Å². The molecule has 0 aliphatic rings. The van der Waals surface area contributed by atoms with Gasteiger partial charge in [-0.25, -0.2) is 17.2 Å². The number of hydrogen-bond donors (Lipinski definition) is 0. The summed E-state index contributed by atoms with van der Waals surface area (Å²) in [6, 6.07) is 20.1. The van der Waals surface area contributed by atoms with Crippen LogP contribution in [0, 0.1) is 18.8 Å². The van der Waals surface area contributed by atoms with E-state index in [9.17, 15) is 21.8 Å². The van der Waals surface area contributed by atoms with Crippen LogP contribution in [0.1, 0.15) is 37.8 Å². The highest BCUT2D eigenvalue weighted by molar-refractivity contribution is 7.85. The Hall–Kier alpha value is -1.84. The average Bonchev–Trinajstić information content (AvgIpc) is 2.71. The summed E-state index contributed by atoms with van der Waals surface area (Å²) in [5.41, 5.74) is 2.93. The standard InChI is InChI=1S/C18H22I.C6H4F2O3S/c1-3-5-15-7-11-17(12-8-15)19-18-13-9-16(6-4-2)10-14-18;7-4-1-2-6(5(8)3-4)12(9,10)11/h7-14H,3-6H2,1-2H3;1-3H,(H,9,10,11)/q+1;/p-1. The molecule has 0 bridgehead atoms. The number of hydrogen-bond acceptors (Lipinski definition) is 3. The van der Waals surface area contributed by atoms with Gasteiger partial charge >= 0.3 is 21.2 Å². The first-order valence-corrected chi connectivity index (χ1v) is 13.5. The Morgan fingerprint density at radius 1 is 0.774 bits per heavy atom. The predicted molar refractivity (Wildman–Crippen MR) is 113 cm³/mol. The second-order valence-electron chi connectivity index (χ2n) is 6.88. The van der Waals surface area contributed by atoms with E-state index in [2.05, 4.69) is 62.4 Å². The van der Waals surface area contributed by atoms with E-state index in [0.717, 1.165) is 0 Å². The van der Waals surface area contributed by atoms with E-state index in [0.29, 0.717) is 18.2 Å². The molecule has 0 heterocycles.